The average Bonchev–Trinajstić information content (AvgIpc) is 3.41. The van der Waals surface area contributed by atoms with Crippen molar-refractivity contribution >= 4 is 15.9 Å². The van der Waals surface area contributed by atoms with Gasteiger partial charge in [0.1, 0.15) is 0 Å². The summed E-state index contributed by atoms with van der Waals surface area (Å²) in [6.07, 6.45) is 22.5. The minimum atomic E-state index is 1.14. The van der Waals surface area contributed by atoms with E-state index >= 15 is 0 Å². The summed E-state index contributed by atoms with van der Waals surface area (Å²) in [7, 11) is 0. The Hall–Kier alpha value is 0.480. The maximum Gasteiger partial charge on any atom is 0.00313 e. The van der Waals surface area contributed by atoms with Crippen molar-refractivity contribution in [1.82, 2.24) is 0 Å². The molecule has 130 valence electrons. The highest BCUT2D eigenvalue weighted by Gasteiger charge is 2.40. The van der Waals surface area contributed by atoms with Crippen molar-refractivity contribution in [3.8, 4) is 0 Å². The molecule has 2 rings (SSSR count). The number of rotatable bonds is 15. The van der Waals surface area contributed by atoms with Gasteiger partial charge in [-0.05, 0) is 55.8 Å². The van der Waals surface area contributed by atoms with E-state index in [0.29, 0.717) is 0 Å². The van der Waals surface area contributed by atoms with E-state index in [4.69, 9.17) is 0 Å². The summed E-state index contributed by atoms with van der Waals surface area (Å²) in [4.78, 5) is 0. The molecule has 4 atom stereocenters. The lowest BCUT2D eigenvalue weighted by Crippen LogP contribution is -1.89. The molecule has 0 aromatic heterocycles. The zero-order valence-corrected chi connectivity index (χ0v) is 16.6. The molecule has 0 nitrogen and oxygen atoms in total. The Labute approximate surface area is 148 Å². The number of unbranched alkanes of at least 4 members (excludes halogenated alkanes) is 7. The minimum Gasteiger partial charge on any atom is -0.0928 e. The van der Waals surface area contributed by atoms with Crippen LogP contribution in [0.25, 0.3) is 0 Å². The molecule has 0 saturated heterocycles. The van der Waals surface area contributed by atoms with E-state index in [-0.39, 0.29) is 0 Å². The minimum absolute atomic E-state index is 1.14. The van der Waals surface area contributed by atoms with Gasteiger partial charge in [0.25, 0.3) is 0 Å². The van der Waals surface area contributed by atoms with E-state index in [1.54, 1.807) is 38.5 Å². The highest BCUT2D eigenvalue weighted by atomic mass is 79.9. The Morgan fingerprint density at radius 1 is 0.591 bits per heavy atom. The van der Waals surface area contributed by atoms with Gasteiger partial charge in [-0.15, -0.1) is 0 Å². The van der Waals surface area contributed by atoms with Gasteiger partial charge in [-0.25, -0.2) is 0 Å². The zero-order valence-electron chi connectivity index (χ0n) is 15.0. The zero-order chi connectivity index (χ0) is 15.6. The van der Waals surface area contributed by atoms with Crippen LogP contribution >= 0.6 is 15.9 Å². The van der Waals surface area contributed by atoms with Crippen molar-refractivity contribution in [2.24, 2.45) is 23.7 Å². The first-order chi connectivity index (χ1) is 10.8. The molecule has 22 heavy (non-hydrogen) atoms. The predicted molar refractivity (Wildman–Crippen MR) is 103 cm³/mol. The van der Waals surface area contributed by atoms with E-state index in [1.165, 1.54) is 63.1 Å². The molecule has 0 aromatic rings. The molecule has 0 radical (unpaired) electrons. The van der Waals surface area contributed by atoms with Gasteiger partial charge >= 0.3 is 0 Å². The van der Waals surface area contributed by atoms with E-state index < -0.39 is 0 Å². The van der Waals surface area contributed by atoms with E-state index in [9.17, 15) is 0 Å². The van der Waals surface area contributed by atoms with E-state index in [1.807, 2.05) is 0 Å². The molecular weight excluding hydrogens is 332 g/mol. The summed E-state index contributed by atoms with van der Waals surface area (Å²) in [5.74, 6) is 4.57. The molecule has 0 spiro atoms. The van der Waals surface area contributed by atoms with E-state index in [0.717, 1.165) is 23.7 Å². The SMILES string of the molecule is CCCCC[C@H]1CC1CCC1CC1CCCCCCCCBr. The van der Waals surface area contributed by atoms with Crippen molar-refractivity contribution in [1.29, 1.82) is 0 Å². The molecule has 1 heteroatoms. The van der Waals surface area contributed by atoms with Crippen molar-refractivity contribution in [3.05, 3.63) is 0 Å². The molecule has 0 N–H and O–H groups in total. The molecule has 0 aromatic carbocycles. The highest BCUT2D eigenvalue weighted by molar-refractivity contribution is 9.09. The summed E-state index contributed by atoms with van der Waals surface area (Å²) in [6, 6.07) is 0. The Bertz CT molecular complexity index is 275. The quantitative estimate of drug-likeness (QED) is 0.204. The van der Waals surface area contributed by atoms with E-state index in [2.05, 4.69) is 22.9 Å². The van der Waals surface area contributed by atoms with Crippen molar-refractivity contribution < 1.29 is 0 Å². The predicted octanol–water partition coefficient (Wildman–Crippen LogP) is 7.74. The fraction of sp³-hybridized carbons (Fsp3) is 1.00. The molecule has 3 unspecified atom stereocenters. The van der Waals surface area contributed by atoms with Crippen LogP contribution in [0.1, 0.15) is 103 Å². The largest absolute Gasteiger partial charge is 0.0928 e. The van der Waals surface area contributed by atoms with Crippen LogP contribution in [0.2, 0.25) is 0 Å². The summed E-state index contributed by atoms with van der Waals surface area (Å²) >= 11 is 3.51. The molecule has 0 aliphatic heterocycles. The van der Waals surface area contributed by atoms with Crippen LogP contribution in [0.4, 0.5) is 0 Å². The van der Waals surface area contributed by atoms with Crippen LogP contribution in [0.5, 0.6) is 0 Å². The Morgan fingerprint density at radius 2 is 1.05 bits per heavy atom. The van der Waals surface area contributed by atoms with Crippen LogP contribution in [0.3, 0.4) is 0 Å². The van der Waals surface area contributed by atoms with Crippen LogP contribution in [0, 0.1) is 23.7 Å². The normalized spacial score (nSPS) is 29.7. The Morgan fingerprint density at radius 3 is 1.59 bits per heavy atom. The second kappa shape index (κ2) is 11.1. The lowest BCUT2D eigenvalue weighted by molar-refractivity contribution is 0.502. The molecule has 2 fully saturated rings. The molecule has 2 aliphatic carbocycles. The van der Waals surface area contributed by atoms with Gasteiger partial charge in [0, 0.05) is 5.33 Å². The Kier molecular flexibility index (Phi) is 9.50. The second-order valence-electron chi connectivity index (χ2n) is 8.18. The first-order valence-corrected chi connectivity index (χ1v) is 11.5. The molecule has 2 aliphatic rings. The van der Waals surface area contributed by atoms with Crippen molar-refractivity contribution in [3.63, 3.8) is 0 Å². The van der Waals surface area contributed by atoms with Gasteiger partial charge in [-0.2, -0.15) is 0 Å². The van der Waals surface area contributed by atoms with Gasteiger partial charge in [-0.1, -0.05) is 87.1 Å². The van der Waals surface area contributed by atoms with Crippen LogP contribution in [0.15, 0.2) is 0 Å². The van der Waals surface area contributed by atoms with Gasteiger partial charge in [0.05, 0.1) is 0 Å². The summed E-state index contributed by atoms with van der Waals surface area (Å²) < 4.78 is 0. The number of halogens is 1. The summed E-state index contributed by atoms with van der Waals surface area (Å²) in [6.45, 7) is 2.32. The van der Waals surface area contributed by atoms with Gasteiger partial charge in [-0.3, -0.25) is 0 Å². The van der Waals surface area contributed by atoms with Gasteiger partial charge in [0.15, 0.2) is 0 Å². The first kappa shape index (κ1) is 18.8. The van der Waals surface area contributed by atoms with Crippen molar-refractivity contribution in [2.75, 3.05) is 5.33 Å². The first-order valence-electron chi connectivity index (χ1n) is 10.4. The van der Waals surface area contributed by atoms with Gasteiger partial charge < -0.3 is 0 Å². The molecule has 0 heterocycles. The maximum atomic E-state index is 3.51. The number of hydrogen-bond donors (Lipinski definition) is 0. The van der Waals surface area contributed by atoms with Crippen LogP contribution < -0.4 is 0 Å². The molecule has 0 bridgehead atoms. The molecule has 0 amide bonds. The average molecular weight is 371 g/mol. The van der Waals surface area contributed by atoms with Crippen molar-refractivity contribution in [2.45, 2.75) is 103 Å². The van der Waals surface area contributed by atoms with Crippen LogP contribution in [-0.2, 0) is 0 Å². The fourth-order valence-electron chi connectivity index (χ4n) is 4.33. The second-order valence-corrected chi connectivity index (χ2v) is 8.98. The molecule has 2 saturated carbocycles. The standard InChI is InChI=1S/C21H39Br/c1-2-3-8-11-18-16-20(18)13-14-21-17-19(21)12-9-6-4-5-7-10-15-22/h18-21H,2-17H2,1H3/t18-,19?,20?,21?/m0/s1. The smallest absolute Gasteiger partial charge is 0.00313 e. The third kappa shape index (κ3) is 7.84. The lowest BCUT2D eigenvalue weighted by atomic mass is 10.0. The fourth-order valence-corrected chi connectivity index (χ4v) is 4.72. The number of hydrogen-bond acceptors (Lipinski definition) is 0. The maximum absolute atomic E-state index is 3.51. The summed E-state index contributed by atoms with van der Waals surface area (Å²) in [5.41, 5.74) is 0. The van der Waals surface area contributed by atoms with Crippen LogP contribution in [-0.4, -0.2) is 5.33 Å². The highest BCUT2D eigenvalue weighted by Crippen LogP contribution is 2.51. The summed E-state index contributed by atoms with van der Waals surface area (Å²) in [5, 5.41) is 1.19. The number of alkyl halides is 1. The monoisotopic (exact) mass is 370 g/mol. The Balaban J connectivity index is 1.34. The topological polar surface area (TPSA) is 0 Å². The third-order valence-corrected chi connectivity index (χ3v) is 6.74. The molecular formula is C21H39Br. The third-order valence-electron chi connectivity index (χ3n) is 6.18. The van der Waals surface area contributed by atoms with Gasteiger partial charge in [0.2, 0.25) is 0 Å². The lowest BCUT2D eigenvalue weighted by Gasteiger charge is -2.02.